The summed E-state index contributed by atoms with van der Waals surface area (Å²) in [6.07, 6.45) is 13.4. The molecule has 0 rings (SSSR count). The van der Waals surface area contributed by atoms with Gasteiger partial charge in [-0.25, -0.2) is 4.79 Å². The number of unbranched alkanes of at least 4 members (excludes halogenated alkanes) is 8. The molecule has 0 unspecified atom stereocenters. The minimum Gasteiger partial charge on any atom is -0.461 e. The number of hydrogen-bond acceptors (Lipinski definition) is 3. The van der Waals surface area contributed by atoms with Crippen LogP contribution in [0.3, 0.4) is 0 Å². The molecule has 24 heavy (non-hydrogen) atoms. The highest BCUT2D eigenvalue weighted by atomic mass is 79.9. The number of esters is 1. The fourth-order valence-electron chi connectivity index (χ4n) is 2.62. The molecule has 0 aromatic carbocycles. The maximum absolute atomic E-state index is 11.3. The molecular formula is C20H40BrNO2. The predicted molar refractivity (Wildman–Crippen MR) is 110 cm³/mol. The molecule has 0 aromatic rings. The van der Waals surface area contributed by atoms with Crippen LogP contribution in [0.4, 0.5) is 0 Å². The Hall–Kier alpha value is -0.350. The summed E-state index contributed by atoms with van der Waals surface area (Å²) in [5, 5.41) is 3.47. The first-order valence-electron chi connectivity index (χ1n) is 9.46. The second-order valence-electron chi connectivity index (χ2n) is 7.31. The first-order chi connectivity index (χ1) is 10.9. The standard InChI is InChI=1S/C20H39NO2.BrH/c1-6-7-8-9-10-11-12-13-14-15-20(4,5)21-16-17-23-19(22)18(2)3;/h21H,2,6-17H2,1,3-5H3;1H. The lowest BCUT2D eigenvalue weighted by atomic mass is 9.96. The minimum absolute atomic E-state index is 0. The molecule has 0 fully saturated rings. The molecule has 0 spiro atoms. The number of rotatable bonds is 15. The summed E-state index contributed by atoms with van der Waals surface area (Å²) < 4.78 is 5.10. The average molecular weight is 406 g/mol. The molecule has 0 atom stereocenters. The third-order valence-corrected chi connectivity index (χ3v) is 4.19. The molecule has 144 valence electrons. The molecule has 0 amide bonds. The molecular weight excluding hydrogens is 366 g/mol. The Morgan fingerprint density at radius 3 is 2.00 bits per heavy atom. The van der Waals surface area contributed by atoms with Crippen molar-refractivity contribution < 1.29 is 9.53 Å². The summed E-state index contributed by atoms with van der Waals surface area (Å²) in [5.74, 6) is -0.302. The fraction of sp³-hybridized carbons (Fsp3) is 0.850. The number of carbonyl (C=O) groups excluding carboxylic acids is 1. The van der Waals surface area contributed by atoms with E-state index in [4.69, 9.17) is 4.74 Å². The highest BCUT2D eigenvalue weighted by Gasteiger charge is 2.16. The fourth-order valence-corrected chi connectivity index (χ4v) is 2.62. The molecule has 0 saturated heterocycles. The largest absolute Gasteiger partial charge is 0.461 e. The second kappa shape index (κ2) is 16.1. The molecule has 0 aliphatic carbocycles. The van der Waals surface area contributed by atoms with Gasteiger partial charge in [-0.1, -0.05) is 71.3 Å². The summed E-state index contributed by atoms with van der Waals surface area (Å²) in [6.45, 7) is 13.1. The van der Waals surface area contributed by atoms with E-state index in [0.717, 1.165) is 6.42 Å². The summed E-state index contributed by atoms with van der Waals surface area (Å²) in [4.78, 5) is 11.3. The van der Waals surface area contributed by atoms with Gasteiger partial charge in [-0.2, -0.15) is 0 Å². The summed E-state index contributed by atoms with van der Waals surface area (Å²) in [6, 6.07) is 0. The normalized spacial score (nSPS) is 11.0. The van der Waals surface area contributed by atoms with Gasteiger partial charge in [0.2, 0.25) is 0 Å². The van der Waals surface area contributed by atoms with E-state index in [9.17, 15) is 4.79 Å². The third-order valence-electron chi connectivity index (χ3n) is 4.19. The van der Waals surface area contributed by atoms with Crippen molar-refractivity contribution in [1.82, 2.24) is 5.32 Å². The van der Waals surface area contributed by atoms with E-state index in [2.05, 4.69) is 32.7 Å². The molecule has 3 nitrogen and oxygen atoms in total. The van der Waals surface area contributed by atoms with E-state index in [1.54, 1.807) is 6.92 Å². The van der Waals surface area contributed by atoms with Crippen molar-refractivity contribution in [3.05, 3.63) is 12.2 Å². The Bertz CT molecular complexity index is 330. The molecule has 0 aliphatic rings. The summed E-state index contributed by atoms with van der Waals surface area (Å²) in [7, 11) is 0. The van der Waals surface area contributed by atoms with E-state index >= 15 is 0 Å². The Labute approximate surface area is 160 Å². The molecule has 0 aromatic heterocycles. The first kappa shape index (κ1) is 25.9. The van der Waals surface area contributed by atoms with Crippen molar-refractivity contribution >= 4 is 23.0 Å². The number of carbonyl (C=O) groups is 1. The first-order valence-corrected chi connectivity index (χ1v) is 9.46. The molecule has 0 saturated carbocycles. The van der Waals surface area contributed by atoms with Gasteiger partial charge in [0.05, 0.1) is 0 Å². The van der Waals surface area contributed by atoms with Gasteiger partial charge < -0.3 is 10.1 Å². The number of halogens is 1. The zero-order valence-electron chi connectivity index (χ0n) is 16.4. The summed E-state index contributed by atoms with van der Waals surface area (Å²) >= 11 is 0. The third kappa shape index (κ3) is 16.5. The smallest absolute Gasteiger partial charge is 0.333 e. The van der Waals surface area contributed by atoms with Crippen LogP contribution in [0.5, 0.6) is 0 Å². The lowest BCUT2D eigenvalue weighted by Crippen LogP contribution is -2.41. The lowest BCUT2D eigenvalue weighted by Gasteiger charge is -2.26. The molecule has 0 radical (unpaired) electrons. The Morgan fingerprint density at radius 1 is 1.00 bits per heavy atom. The van der Waals surface area contributed by atoms with Crippen LogP contribution in [0.25, 0.3) is 0 Å². The Kier molecular flexibility index (Phi) is 17.4. The minimum atomic E-state index is -0.302. The SMILES string of the molecule is Br.C=C(C)C(=O)OCCNC(C)(C)CCCCCCCCCCC. The zero-order valence-corrected chi connectivity index (χ0v) is 18.1. The number of nitrogens with one attached hydrogen (secondary N) is 1. The van der Waals surface area contributed by atoms with E-state index in [1.165, 1.54) is 57.8 Å². The van der Waals surface area contributed by atoms with Crippen molar-refractivity contribution in [3.63, 3.8) is 0 Å². The van der Waals surface area contributed by atoms with Crippen LogP contribution in [0, 0.1) is 0 Å². The Balaban J connectivity index is 0. The van der Waals surface area contributed by atoms with E-state index < -0.39 is 0 Å². The topological polar surface area (TPSA) is 38.3 Å². The van der Waals surface area contributed by atoms with Crippen LogP contribution >= 0.6 is 17.0 Å². The number of ether oxygens (including phenoxy) is 1. The molecule has 0 bridgehead atoms. The summed E-state index contributed by atoms with van der Waals surface area (Å²) in [5.41, 5.74) is 0.565. The van der Waals surface area contributed by atoms with Gasteiger partial charge in [0.1, 0.15) is 6.61 Å². The maximum Gasteiger partial charge on any atom is 0.333 e. The molecule has 1 N–H and O–H groups in total. The van der Waals surface area contributed by atoms with E-state index in [-0.39, 0.29) is 28.5 Å². The van der Waals surface area contributed by atoms with Gasteiger partial charge >= 0.3 is 5.97 Å². The highest BCUT2D eigenvalue weighted by Crippen LogP contribution is 2.16. The quantitative estimate of drug-likeness (QED) is 0.207. The van der Waals surface area contributed by atoms with Gasteiger partial charge in [0.25, 0.3) is 0 Å². The second-order valence-corrected chi connectivity index (χ2v) is 7.31. The number of hydrogen-bond donors (Lipinski definition) is 1. The molecule has 0 aliphatic heterocycles. The van der Waals surface area contributed by atoms with Crippen molar-refractivity contribution in [2.45, 2.75) is 97.4 Å². The van der Waals surface area contributed by atoms with Gasteiger partial charge in [0.15, 0.2) is 0 Å². The highest BCUT2D eigenvalue weighted by molar-refractivity contribution is 8.93. The van der Waals surface area contributed by atoms with Crippen LogP contribution < -0.4 is 5.32 Å². The van der Waals surface area contributed by atoms with Crippen LogP contribution in [-0.4, -0.2) is 24.7 Å². The van der Waals surface area contributed by atoms with E-state index in [0.29, 0.717) is 18.7 Å². The van der Waals surface area contributed by atoms with Crippen molar-refractivity contribution in [2.75, 3.05) is 13.2 Å². The van der Waals surface area contributed by atoms with Crippen LogP contribution in [0.1, 0.15) is 91.9 Å². The van der Waals surface area contributed by atoms with Gasteiger partial charge in [-0.3, -0.25) is 0 Å². The van der Waals surface area contributed by atoms with Gasteiger partial charge in [-0.05, 0) is 27.2 Å². The maximum atomic E-state index is 11.3. The monoisotopic (exact) mass is 405 g/mol. The predicted octanol–water partition coefficient (Wildman–Crippen LogP) is 5.97. The van der Waals surface area contributed by atoms with Crippen LogP contribution in [0.2, 0.25) is 0 Å². The van der Waals surface area contributed by atoms with E-state index in [1.807, 2.05) is 0 Å². The average Bonchev–Trinajstić information content (AvgIpc) is 2.49. The van der Waals surface area contributed by atoms with Gasteiger partial charge in [0, 0.05) is 17.7 Å². The van der Waals surface area contributed by atoms with Gasteiger partial charge in [-0.15, -0.1) is 17.0 Å². The van der Waals surface area contributed by atoms with Crippen LogP contribution in [-0.2, 0) is 9.53 Å². The zero-order chi connectivity index (χ0) is 17.6. The molecule has 4 heteroatoms. The van der Waals surface area contributed by atoms with Crippen molar-refractivity contribution in [3.8, 4) is 0 Å². The Morgan fingerprint density at radius 2 is 1.50 bits per heavy atom. The van der Waals surface area contributed by atoms with Crippen molar-refractivity contribution in [1.29, 1.82) is 0 Å². The molecule has 0 heterocycles. The van der Waals surface area contributed by atoms with Crippen LogP contribution in [0.15, 0.2) is 12.2 Å². The lowest BCUT2D eigenvalue weighted by molar-refractivity contribution is -0.138. The van der Waals surface area contributed by atoms with Crippen molar-refractivity contribution in [2.24, 2.45) is 0 Å².